The highest BCUT2D eigenvalue weighted by molar-refractivity contribution is 6.31. The van der Waals surface area contributed by atoms with Crippen molar-refractivity contribution in [2.24, 2.45) is 0 Å². The normalized spacial score (nSPS) is 12.0. The van der Waals surface area contributed by atoms with Gasteiger partial charge in [0, 0.05) is 10.0 Å². The van der Waals surface area contributed by atoms with Crippen LogP contribution < -0.4 is 4.74 Å². The molecule has 1 unspecified atom stereocenters. The van der Waals surface area contributed by atoms with Crippen molar-refractivity contribution in [2.45, 2.75) is 12.3 Å². The van der Waals surface area contributed by atoms with Crippen LogP contribution in [0.1, 0.15) is 17.0 Å². The van der Waals surface area contributed by atoms with E-state index in [9.17, 15) is 9.90 Å². The van der Waals surface area contributed by atoms with Gasteiger partial charge in [-0.2, -0.15) is 0 Å². The number of halogens is 2. The molecule has 0 aliphatic carbocycles. The molecule has 2 rings (SSSR count). The molecule has 2 aromatic rings. The summed E-state index contributed by atoms with van der Waals surface area (Å²) in [6, 6.07) is 12.1. The summed E-state index contributed by atoms with van der Waals surface area (Å²) >= 11 is 12.1. The Morgan fingerprint density at radius 2 is 1.95 bits per heavy atom. The largest absolute Gasteiger partial charge is 0.496 e. The van der Waals surface area contributed by atoms with E-state index in [2.05, 4.69) is 0 Å². The fraction of sp³-hybridized carbons (Fsp3) is 0.188. The number of ether oxygens (including phenoxy) is 1. The van der Waals surface area contributed by atoms with Crippen LogP contribution in [0, 0.1) is 0 Å². The molecular formula is C16H14Cl2O3. The van der Waals surface area contributed by atoms with Crippen molar-refractivity contribution in [3.63, 3.8) is 0 Å². The van der Waals surface area contributed by atoms with Crippen molar-refractivity contribution in [3.8, 4) is 5.75 Å². The molecule has 0 heterocycles. The summed E-state index contributed by atoms with van der Waals surface area (Å²) in [5, 5.41) is 10.5. The Labute approximate surface area is 133 Å². The van der Waals surface area contributed by atoms with Gasteiger partial charge in [0.2, 0.25) is 0 Å². The Morgan fingerprint density at radius 1 is 1.24 bits per heavy atom. The highest BCUT2D eigenvalue weighted by atomic mass is 35.5. The fourth-order valence-corrected chi connectivity index (χ4v) is 2.68. The van der Waals surface area contributed by atoms with Crippen LogP contribution in [-0.2, 0) is 11.2 Å². The number of carboxylic acid groups (broad SMARTS) is 1. The molecule has 0 spiro atoms. The number of rotatable bonds is 5. The molecule has 110 valence electrons. The third-order valence-electron chi connectivity index (χ3n) is 3.25. The molecule has 21 heavy (non-hydrogen) atoms. The van der Waals surface area contributed by atoms with Crippen molar-refractivity contribution in [1.29, 1.82) is 0 Å². The van der Waals surface area contributed by atoms with Gasteiger partial charge < -0.3 is 9.84 Å². The summed E-state index contributed by atoms with van der Waals surface area (Å²) in [6.07, 6.45) is 0.253. The highest BCUT2D eigenvalue weighted by Gasteiger charge is 2.24. The van der Waals surface area contributed by atoms with E-state index in [4.69, 9.17) is 27.9 Å². The number of aliphatic carboxylic acids is 1. The molecule has 0 aromatic heterocycles. The Balaban J connectivity index is 2.40. The molecule has 2 aromatic carbocycles. The van der Waals surface area contributed by atoms with Crippen molar-refractivity contribution in [1.82, 2.24) is 0 Å². The lowest BCUT2D eigenvalue weighted by molar-refractivity contribution is -0.138. The van der Waals surface area contributed by atoms with Crippen molar-refractivity contribution >= 4 is 29.2 Å². The van der Waals surface area contributed by atoms with Crippen LogP contribution in [0.5, 0.6) is 5.75 Å². The van der Waals surface area contributed by atoms with Gasteiger partial charge in [-0.15, -0.1) is 0 Å². The van der Waals surface area contributed by atoms with Crippen molar-refractivity contribution in [3.05, 3.63) is 63.6 Å². The molecule has 1 N–H and O–H groups in total. The maximum Gasteiger partial charge on any atom is 0.311 e. The van der Waals surface area contributed by atoms with E-state index in [-0.39, 0.29) is 6.42 Å². The standard InChI is InChI=1S/C16H14Cl2O3/c1-21-15-7-6-11(17)8-10(15)9-13(16(19)20)12-4-2-3-5-14(12)18/h2-8,13H,9H2,1H3,(H,19,20). The molecule has 3 nitrogen and oxygen atoms in total. The number of methoxy groups -OCH3 is 1. The first-order valence-electron chi connectivity index (χ1n) is 6.32. The Kier molecular flexibility index (Phi) is 5.10. The second-order valence-corrected chi connectivity index (χ2v) is 5.42. The van der Waals surface area contributed by atoms with Gasteiger partial charge in [0.1, 0.15) is 5.75 Å². The van der Waals surface area contributed by atoms with Crippen LogP contribution in [0.4, 0.5) is 0 Å². The van der Waals surface area contributed by atoms with Crippen LogP contribution in [0.3, 0.4) is 0 Å². The minimum Gasteiger partial charge on any atom is -0.496 e. The zero-order chi connectivity index (χ0) is 15.4. The maximum atomic E-state index is 11.6. The average molecular weight is 325 g/mol. The maximum absolute atomic E-state index is 11.6. The van der Waals surface area contributed by atoms with Gasteiger partial charge >= 0.3 is 5.97 Å². The lowest BCUT2D eigenvalue weighted by Crippen LogP contribution is -2.15. The first kappa shape index (κ1) is 15.7. The van der Waals surface area contributed by atoms with Crippen LogP contribution in [0.2, 0.25) is 10.0 Å². The van der Waals surface area contributed by atoms with Crippen molar-refractivity contribution < 1.29 is 14.6 Å². The minimum atomic E-state index is -0.940. The molecule has 0 bridgehead atoms. The highest BCUT2D eigenvalue weighted by Crippen LogP contribution is 2.32. The summed E-state index contributed by atoms with van der Waals surface area (Å²) in [4.78, 5) is 11.6. The Bertz CT molecular complexity index is 656. The summed E-state index contributed by atoms with van der Waals surface area (Å²) in [5.74, 6) is -1.09. The van der Waals surface area contributed by atoms with Crippen molar-refractivity contribution in [2.75, 3.05) is 7.11 Å². The molecule has 0 saturated heterocycles. The zero-order valence-electron chi connectivity index (χ0n) is 11.3. The zero-order valence-corrected chi connectivity index (χ0v) is 12.9. The first-order valence-corrected chi connectivity index (χ1v) is 7.08. The third kappa shape index (κ3) is 3.69. The predicted molar refractivity (Wildman–Crippen MR) is 83.5 cm³/mol. The van der Waals surface area contributed by atoms with Crippen LogP contribution in [0.25, 0.3) is 0 Å². The van der Waals surface area contributed by atoms with Gasteiger partial charge in [-0.05, 0) is 41.8 Å². The number of carboxylic acids is 1. The summed E-state index contributed by atoms with van der Waals surface area (Å²) < 4.78 is 5.26. The lowest BCUT2D eigenvalue weighted by Gasteiger charge is -2.16. The van der Waals surface area contributed by atoms with E-state index < -0.39 is 11.9 Å². The van der Waals surface area contributed by atoms with Gasteiger partial charge in [0.15, 0.2) is 0 Å². The molecular weight excluding hydrogens is 311 g/mol. The van der Waals surface area contributed by atoms with Gasteiger partial charge in [0.25, 0.3) is 0 Å². The van der Waals surface area contributed by atoms with Crippen LogP contribution in [-0.4, -0.2) is 18.2 Å². The number of benzene rings is 2. The second-order valence-electron chi connectivity index (χ2n) is 4.57. The molecule has 0 saturated carbocycles. The fourth-order valence-electron chi connectivity index (χ4n) is 2.21. The van der Waals surface area contributed by atoms with Gasteiger partial charge in [-0.25, -0.2) is 0 Å². The average Bonchev–Trinajstić information content (AvgIpc) is 2.45. The number of carbonyl (C=O) groups is 1. The van der Waals surface area contributed by atoms with Gasteiger partial charge in [-0.3, -0.25) is 4.79 Å². The lowest BCUT2D eigenvalue weighted by atomic mass is 9.91. The van der Waals surface area contributed by atoms with E-state index in [1.165, 1.54) is 7.11 Å². The van der Waals surface area contributed by atoms with Crippen LogP contribution >= 0.6 is 23.2 Å². The first-order chi connectivity index (χ1) is 10.0. The van der Waals surface area contributed by atoms with E-state index in [1.54, 1.807) is 42.5 Å². The molecule has 0 amide bonds. The van der Waals surface area contributed by atoms with E-state index in [0.29, 0.717) is 21.4 Å². The Hall–Kier alpha value is -1.71. The topological polar surface area (TPSA) is 46.5 Å². The SMILES string of the molecule is COc1ccc(Cl)cc1CC(C(=O)O)c1ccccc1Cl. The second kappa shape index (κ2) is 6.83. The monoisotopic (exact) mass is 324 g/mol. The predicted octanol–water partition coefficient (Wildman–Crippen LogP) is 4.41. The van der Waals surface area contributed by atoms with E-state index in [0.717, 1.165) is 5.56 Å². The minimum absolute atomic E-state index is 0.253. The van der Waals surface area contributed by atoms with E-state index in [1.807, 2.05) is 0 Å². The molecule has 0 aliphatic rings. The van der Waals surface area contributed by atoms with Gasteiger partial charge in [-0.1, -0.05) is 41.4 Å². The number of hydrogen-bond acceptors (Lipinski definition) is 2. The quantitative estimate of drug-likeness (QED) is 0.885. The summed E-state index contributed by atoms with van der Waals surface area (Å²) in [5.41, 5.74) is 1.31. The summed E-state index contributed by atoms with van der Waals surface area (Å²) in [6.45, 7) is 0. The van der Waals surface area contributed by atoms with E-state index >= 15 is 0 Å². The van der Waals surface area contributed by atoms with Gasteiger partial charge in [0.05, 0.1) is 13.0 Å². The summed E-state index contributed by atoms with van der Waals surface area (Å²) in [7, 11) is 1.54. The molecule has 0 radical (unpaired) electrons. The third-order valence-corrected chi connectivity index (χ3v) is 3.82. The Morgan fingerprint density at radius 3 is 2.57 bits per heavy atom. The number of hydrogen-bond donors (Lipinski definition) is 1. The molecule has 1 atom stereocenters. The van der Waals surface area contributed by atoms with Crippen LogP contribution in [0.15, 0.2) is 42.5 Å². The smallest absolute Gasteiger partial charge is 0.311 e. The molecule has 0 fully saturated rings. The molecule has 0 aliphatic heterocycles. The molecule has 5 heteroatoms.